The molecule has 108 valence electrons. The third kappa shape index (κ3) is 2.50. The fourth-order valence-electron chi connectivity index (χ4n) is 3.26. The number of amides is 1. The van der Waals surface area contributed by atoms with Gasteiger partial charge in [-0.15, -0.1) is 0 Å². The van der Waals surface area contributed by atoms with E-state index in [2.05, 4.69) is 10.2 Å². The third-order valence-electron chi connectivity index (χ3n) is 4.36. The summed E-state index contributed by atoms with van der Waals surface area (Å²) in [6.07, 6.45) is 2.46. The predicted molar refractivity (Wildman–Crippen MR) is 81.5 cm³/mol. The van der Waals surface area contributed by atoms with Crippen LogP contribution in [0.1, 0.15) is 23.2 Å². The average molecular weight is 294 g/mol. The summed E-state index contributed by atoms with van der Waals surface area (Å²) in [5, 5.41) is 3.68. The molecular formula is C15H20ClN3O. The zero-order chi connectivity index (χ0) is 14.1. The highest BCUT2D eigenvalue weighted by molar-refractivity contribution is 6.31. The Balaban J connectivity index is 1.80. The molecule has 2 fully saturated rings. The Morgan fingerprint density at radius 2 is 2.20 bits per heavy atom. The molecule has 1 aromatic carbocycles. The summed E-state index contributed by atoms with van der Waals surface area (Å²) in [6.45, 7) is 3.83. The van der Waals surface area contributed by atoms with Crippen LogP contribution in [-0.4, -0.2) is 55.0 Å². The van der Waals surface area contributed by atoms with Gasteiger partial charge in [0, 0.05) is 43.4 Å². The van der Waals surface area contributed by atoms with Crippen LogP contribution in [0.5, 0.6) is 0 Å². The van der Waals surface area contributed by atoms with E-state index >= 15 is 0 Å². The SMILES string of the molecule is CNc1ccc(Cl)cc1C(=O)N1CCN2CCCC2C1. The lowest BCUT2D eigenvalue weighted by Gasteiger charge is -2.37. The van der Waals surface area contributed by atoms with Gasteiger partial charge in [-0.05, 0) is 37.6 Å². The van der Waals surface area contributed by atoms with Crippen molar-refractivity contribution in [2.45, 2.75) is 18.9 Å². The van der Waals surface area contributed by atoms with Crippen molar-refractivity contribution in [2.24, 2.45) is 0 Å². The Kier molecular flexibility index (Phi) is 3.85. The highest BCUT2D eigenvalue weighted by atomic mass is 35.5. The number of benzene rings is 1. The molecule has 5 heteroatoms. The molecule has 1 aromatic rings. The molecule has 0 aromatic heterocycles. The van der Waals surface area contributed by atoms with Crippen molar-refractivity contribution in [2.75, 3.05) is 38.5 Å². The van der Waals surface area contributed by atoms with E-state index in [0.29, 0.717) is 16.6 Å². The number of carbonyl (C=O) groups is 1. The Bertz CT molecular complexity index is 520. The maximum atomic E-state index is 12.7. The van der Waals surface area contributed by atoms with Crippen LogP contribution < -0.4 is 5.32 Å². The summed E-state index contributed by atoms with van der Waals surface area (Å²) < 4.78 is 0. The maximum absolute atomic E-state index is 12.7. The first-order chi connectivity index (χ1) is 9.69. The first kappa shape index (κ1) is 13.7. The summed E-state index contributed by atoms with van der Waals surface area (Å²) in [7, 11) is 1.83. The van der Waals surface area contributed by atoms with Gasteiger partial charge >= 0.3 is 0 Å². The highest BCUT2D eigenvalue weighted by Gasteiger charge is 2.33. The summed E-state index contributed by atoms with van der Waals surface area (Å²) in [5.74, 6) is 0.0865. The molecule has 1 atom stereocenters. The Hall–Kier alpha value is -1.26. The van der Waals surface area contributed by atoms with E-state index in [1.165, 1.54) is 19.4 Å². The number of anilines is 1. The van der Waals surface area contributed by atoms with E-state index in [1.807, 2.05) is 18.0 Å². The maximum Gasteiger partial charge on any atom is 0.256 e. The number of carbonyl (C=O) groups excluding carboxylic acids is 1. The van der Waals surface area contributed by atoms with Gasteiger partial charge in [0.15, 0.2) is 0 Å². The van der Waals surface area contributed by atoms with Gasteiger partial charge in [0.25, 0.3) is 5.91 Å². The zero-order valence-electron chi connectivity index (χ0n) is 11.7. The third-order valence-corrected chi connectivity index (χ3v) is 4.59. The first-order valence-electron chi connectivity index (χ1n) is 7.19. The predicted octanol–water partition coefficient (Wildman–Crippen LogP) is 2.30. The fourth-order valence-corrected chi connectivity index (χ4v) is 3.43. The molecule has 1 unspecified atom stereocenters. The Morgan fingerprint density at radius 3 is 3.00 bits per heavy atom. The van der Waals surface area contributed by atoms with Gasteiger partial charge in [0.05, 0.1) is 5.56 Å². The van der Waals surface area contributed by atoms with E-state index < -0.39 is 0 Å². The smallest absolute Gasteiger partial charge is 0.256 e. The molecule has 1 N–H and O–H groups in total. The van der Waals surface area contributed by atoms with Crippen LogP contribution in [0.4, 0.5) is 5.69 Å². The van der Waals surface area contributed by atoms with Crippen molar-refractivity contribution < 1.29 is 4.79 Å². The molecule has 0 spiro atoms. The van der Waals surface area contributed by atoms with Crippen molar-refractivity contribution >= 4 is 23.2 Å². The number of halogens is 1. The van der Waals surface area contributed by atoms with E-state index in [4.69, 9.17) is 11.6 Å². The lowest BCUT2D eigenvalue weighted by Crippen LogP contribution is -2.52. The second kappa shape index (κ2) is 5.62. The van der Waals surface area contributed by atoms with Crippen LogP contribution in [0.3, 0.4) is 0 Å². The summed E-state index contributed by atoms with van der Waals surface area (Å²) in [4.78, 5) is 17.2. The van der Waals surface area contributed by atoms with Gasteiger partial charge in [-0.3, -0.25) is 9.69 Å². The van der Waals surface area contributed by atoms with Crippen LogP contribution in [-0.2, 0) is 0 Å². The largest absolute Gasteiger partial charge is 0.387 e. The molecule has 2 aliphatic rings. The summed E-state index contributed by atoms with van der Waals surface area (Å²) in [6, 6.07) is 5.97. The number of nitrogens with zero attached hydrogens (tertiary/aromatic N) is 2. The normalized spacial score (nSPS) is 22.7. The van der Waals surface area contributed by atoms with Crippen LogP contribution in [0, 0.1) is 0 Å². The molecule has 20 heavy (non-hydrogen) atoms. The molecular weight excluding hydrogens is 274 g/mol. The lowest BCUT2D eigenvalue weighted by molar-refractivity contribution is 0.0572. The van der Waals surface area contributed by atoms with Crippen molar-refractivity contribution in [3.05, 3.63) is 28.8 Å². The van der Waals surface area contributed by atoms with E-state index in [9.17, 15) is 4.79 Å². The van der Waals surface area contributed by atoms with E-state index in [1.54, 1.807) is 12.1 Å². The lowest BCUT2D eigenvalue weighted by atomic mass is 10.1. The van der Waals surface area contributed by atoms with Gasteiger partial charge in [-0.25, -0.2) is 0 Å². The van der Waals surface area contributed by atoms with Crippen LogP contribution in [0.2, 0.25) is 5.02 Å². The number of hydrogen-bond acceptors (Lipinski definition) is 3. The number of piperazine rings is 1. The molecule has 4 nitrogen and oxygen atoms in total. The van der Waals surface area contributed by atoms with Gasteiger partial charge in [0.2, 0.25) is 0 Å². The van der Waals surface area contributed by atoms with E-state index in [0.717, 1.165) is 25.3 Å². The second-order valence-corrected chi connectivity index (χ2v) is 5.96. The standard InChI is InChI=1S/C15H20ClN3O/c1-17-14-5-4-11(16)9-13(14)15(20)19-8-7-18-6-2-3-12(18)10-19/h4-5,9,12,17H,2-3,6-8,10H2,1H3. The highest BCUT2D eigenvalue weighted by Crippen LogP contribution is 2.26. The molecule has 3 rings (SSSR count). The van der Waals surface area contributed by atoms with Gasteiger partial charge in [-0.2, -0.15) is 0 Å². The number of hydrogen-bond donors (Lipinski definition) is 1. The average Bonchev–Trinajstić information content (AvgIpc) is 2.93. The van der Waals surface area contributed by atoms with Crippen LogP contribution in [0.15, 0.2) is 18.2 Å². The van der Waals surface area contributed by atoms with E-state index in [-0.39, 0.29) is 5.91 Å². The topological polar surface area (TPSA) is 35.6 Å². The minimum atomic E-state index is 0.0865. The molecule has 2 saturated heterocycles. The molecule has 2 heterocycles. The molecule has 0 radical (unpaired) electrons. The minimum absolute atomic E-state index is 0.0865. The Labute approximate surface area is 124 Å². The molecule has 2 aliphatic heterocycles. The van der Waals surface area contributed by atoms with Gasteiger partial charge < -0.3 is 10.2 Å². The molecule has 0 aliphatic carbocycles. The zero-order valence-corrected chi connectivity index (χ0v) is 12.5. The number of rotatable bonds is 2. The molecule has 0 saturated carbocycles. The molecule has 1 amide bonds. The van der Waals surface area contributed by atoms with Crippen molar-refractivity contribution in [1.82, 2.24) is 9.80 Å². The Morgan fingerprint density at radius 1 is 1.35 bits per heavy atom. The van der Waals surface area contributed by atoms with Crippen LogP contribution in [0.25, 0.3) is 0 Å². The minimum Gasteiger partial charge on any atom is -0.387 e. The van der Waals surface area contributed by atoms with Gasteiger partial charge in [0.1, 0.15) is 0 Å². The van der Waals surface area contributed by atoms with Crippen molar-refractivity contribution in [1.29, 1.82) is 0 Å². The monoisotopic (exact) mass is 293 g/mol. The number of fused-ring (bicyclic) bond motifs is 1. The summed E-state index contributed by atoms with van der Waals surface area (Å²) >= 11 is 6.04. The number of nitrogens with one attached hydrogen (secondary N) is 1. The second-order valence-electron chi connectivity index (χ2n) is 5.52. The first-order valence-corrected chi connectivity index (χ1v) is 7.57. The summed E-state index contributed by atoms with van der Waals surface area (Å²) in [5.41, 5.74) is 1.51. The fraction of sp³-hybridized carbons (Fsp3) is 0.533. The van der Waals surface area contributed by atoms with Crippen molar-refractivity contribution in [3.8, 4) is 0 Å². The quantitative estimate of drug-likeness (QED) is 0.909. The molecule has 0 bridgehead atoms. The van der Waals surface area contributed by atoms with Crippen molar-refractivity contribution in [3.63, 3.8) is 0 Å². The van der Waals surface area contributed by atoms with Gasteiger partial charge in [-0.1, -0.05) is 11.6 Å². The van der Waals surface area contributed by atoms with Crippen LogP contribution >= 0.6 is 11.6 Å².